The van der Waals surface area contributed by atoms with Crippen molar-refractivity contribution in [1.29, 1.82) is 0 Å². The minimum absolute atomic E-state index is 0.0523. The van der Waals surface area contributed by atoms with Gasteiger partial charge >= 0.3 is 0 Å². The van der Waals surface area contributed by atoms with Crippen molar-refractivity contribution in [2.45, 2.75) is 13.3 Å². The zero-order valence-electron chi connectivity index (χ0n) is 12.0. The quantitative estimate of drug-likeness (QED) is 0.601. The fraction of sp³-hybridized carbons (Fsp3) is 0.353. The molecule has 1 saturated carbocycles. The molecule has 1 aromatic heterocycles. The first-order valence-electron chi connectivity index (χ1n) is 7.57. The van der Waals surface area contributed by atoms with Crippen LogP contribution in [0.1, 0.15) is 12.0 Å². The van der Waals surface area contributed by atoms with E-state index in [9.17, 15) is 9.59 Å². The largest absolute Gasteiger partial charge is 0.274 e. The second-order valence-corrected chi connectivity index (χ2v) is 7.44. The van der Waals surface area contributed by atoms with Crippen LogP contribution in [0.4, 0.5) is 5.13 Å². The summed E-state index contributed by atoms with van der Waals surface area (Å²) in [6.07, 6.45) is 5.19. The van der Waals surface area contributed by atoms with Crippen molar-refractivity contribution in [3.05, 3.63) is 35.9 Å². The number of carbonyl (C=O) groups excluding carboxylic acids is 2. The summed E-state index contributed by atoms with van der Waals surface area (Å²) in [6.45, 7) is 2.00. The van der Waals surface area contributed by atoms with Gasteiger partial charge in [-0.1, -0.05) is 35.6 Å². The number of aryl methyl sites for hydroxylation is 1. The van der Waals surface area contributed by atoms with Crippen LogP contribution in [-0.2, 0) is 9.59 Å². The van der Waals surface area contributed by atoms with Gasteiger partial charge in [-0.25, -0.2) is 9.88 Å². The molecule has 4 unspecified atom stereocenters. The predicted octanol–water partition coefficient (Wildman–Crippen LogP) is 2.92. The minimum Gasteiger partial charge on any atom is -0.274 e. The van der Waals surface area contributed by atoms with Crippen LogP contribution in [0.5, 0.6) is 0 Å². The third-order valence-corrected chi connectivity index (χ3v) is 6.28. The molecule has 2 aliphatic carbocycles. The Morgan fingerprint density at radius 1 is 1.14 bits per heavy atom. The molecule has 1 aromatic carbocycles. The number of aromatic nitrogens is 1. The molecule has 2 fully saturated rings. The van der Waals surface area contributed by atoms with Crippen LogP contribution in [-0.4, -0.2) is 16.8 Å². The first-order valence-corrected chi connectivity index (χ1v) is 8.39. The zero-order chi connectivity index (χ0) is 15.0. The van der Waals surface area contributed by atoms with E-state index in [2.05, 4.69) is 17.1 Å². The smallest absolute Gasteiger partial charge is 0.240 e. The molecule has 4 atom stereocenters. The Morgan fingerprint density at radius 2 is 1.82 bits per heavy atom. The predicted molar refractivity (Wildman–Crippen MR) is 84.6 cm³/mol. The summed E-state index contributed by atoms with van der Waals surface area (Å²) in [5.41, 5.74) is 1.96. The van der Waals surface area contributed by atoms with Gasteiger partial charge < -0.3 is 0 Å². The Hall–Kier alpha value is -2.01. The first kappa shape index (κ1) is 12.5. The Balaban J connectivity index is 1.62. The highest BCUT2D eigenvalue weighted by Crippen LogP contribution is 2.53. The van der Waals surface area contributed by atoms with Crippen LogP contribution in [0.2, 0.25) is 0 Å². The number of benzene rings is 1. The van der Waals surface area contributed by atoms with Crippen molar-refractivity contribution in [2.24, 2.45) is 23.7 Å². The molecule has 0 spiro atoms. The summed E-state index contributed by atoms with van der Waals surface area (Å²) in [5.74, 6) is 0.0680. The van der Waals surface area contributed by atoms with Gasteiger partial charge in [-0.3, -0.25) is 9.59 Å². The van der Waals surface area contributed by atoms with Crippen LogP contribution in [0.3, 0.4) is 0 Å². The Morgan fingerprint density at radius 3 is 2.45 bits per heavy atom. The van der Waals surface area contributed by atoms with Gasteiger partial charge in [-0.05, 0) is 36.8 Å². The first-order chi connectivity index (χ1) is 10.6. The van der Waals surface area contributed by atoms with Crippen molar-refractivity contribution < 1.29 is 9.59 Å². The van der Waals surface area contributed by atoms with Crippen molar-refractivity contribution in [3.63, 3.8) is 0 Å². The molecule has 110 valence electrons. The highest BCUT2D eigenvalue weighted by Gasteiger charge is 2.60. The van der Waals surface area contributed by atoms with Gasteiger partial charge in [0.1, 0.15) is 0 Å². The number of carbonyl (C=O) groups is 2. The van der Waals surface area contributed by atoms with Crippen molar-refractivity contribution in [3.8, 4) is 0 Å². The number of rotatable bonds is 1. The summed E-state index contributed by atoms with van der Waals surface area (Å²) in [6, 6.07) is 5.96. The summed E-state index contributed by atoms with van der Waals surface area (Å²) in [4.78, 5) is 31.5. The molecule has 0 N–H and O–H groups in total. The van der Waals surface area contributed by atoms with E-state index in [-0.39, 0.29) is 35.5 Å². The molecule has 5 heteroatoms. The molecule has 4 nitrogen and oxygen atoms in total. The molecule has 2 heterocycles. The molecule has 1 saturated heterocycles. The number of imide groups is 1. The number of hydrogen-bond donors (Lipinski definition) is 0. The molecule has 22 heavy (non-hydrogen) atoms. The lowest BCUT2D eigenvalue weighted by Crippen LogP contribution is -2.32. The van der Waals surface area contributed by atoms with E-state index in [0.29, 0.717) is 5.13 Å². The third kappa shape index (κ3) is 1.40. The minimum atomic E-state index is -0.157. The Bertz CT molecular complexity index is 839. The van der Waals surface area contributed by atoms with E-state index in [0.717, 1.165) is 22.2 Å². The third-order valence-electron chi connectivity index (χ3n) is 5.27. The second-order valence-electron chi connectivity index (χ2n) is 6.43. The maximum atomic E-state index is 12.8. The standard InChI is InChI=1S/C17H14N2O2S/c1-8-3-2-4-11-14(8)18-17(22-11)19-15(20)12-9-5-6-10(7-9)13(12)16(19)21/h2-6,9-10,12-13H,7H2,1H3. The maximum Gasteiger partial charge on any atom is 0.240 e. The highest BCUT2D eigenvalue weighted by molar-refractivity contribution is 7.22. The Kier molecular flexibility index (Phi) is 2.30. The van der Waals surface area contributed by atoms with Crippen molar-refractivity contribution in [2.75, 3.05) is 4.90 Å². The Labute approximate surface area is 131 Å². The van der Waals surface area contributed by atoms with Crippen LogP contribution < -0.4 is 4.90 Å². The topological polar surface area (TPSA) is 50.3 Å². The second kappa shape index (κ2) is 4.04. The van der Waals surface area contributed by atoms with Crippen molar-refractivity contribution in [1.82, 2.24) is 4.98 Å². The van der Waals surface area contributed by atoms with Crippen molar-refractivity contribution >= 4 is 38.5 Å². The average molecular weight is 310 g/mol. The molecule has 2 aromatic rings. The number of amides is 2. The van der Waals surface area contributed by atoms with Gasteiger partial charge in [0.25, 0.3) is 0 Å². The number of anilines is 1. The van der Waals surface area contributed by atoms with E-state index in [1.165, 1.54) is 16.2 Å². The number of hydrogen-bond acceptors (Lipinski definition) is 4. The van der Waals surface area contributed by atoms with Crippen LogP contribution >= 0.6 is 11.3 Å². The molecule has 2 bridgehead atoms. The molecule has 3 aliphatic rings. The average Bonchev–Trinajstić information content (AvgIpc) is 3.22. The fourth-order valence-electron chi connectivity index (χ4n) is 4.26. The molecule has 0 radical (unpaired) electrons. The van der Waals surface area contributed by atoms with Gasteiger partial charge in [-0.15, -0.1) is 0 Å². The fourth-order valence-corrected chi connectivity index (χ4v) is 5.32. The monoisotopic (exact) mass is 310 g/mol. The number of thiazole rings is 1. The van der Waals surface area contributed by atoms with E-state index in [1.54, 1.807) is 0 Å². The lowest BCUT2D eigenvalue weighted by molar-refractivity contribution is -0.123. The number of fused-ring (bicyclic) bond motifs is 6. The lowest BCUT2D eigenvalue weighted by atomic mass is 9.85. The summed E-state index contributed by atoms with van der Waals surface area (Å²) in [7, 11) is 0. The molecular weight excluding hydrogens is 296 g/mol. The van der Waals surface area contributed by atoms with Crippen LogP contribution in [0, 0.1) is 30.6 Å². The summed E-state index contributed by atoms with van der Waals surface area (Å²) >= 11 is 1.43. The van der Waals surface area contributed by atoms with Gasteiger partial charge in [0.05, 0.1) is 22.1 Å². The highest BCUT2D eigenvalue weighted by atomic mass is 32.1. The molecule has 5 rings (SSSR count). The van der Waals surface area contributed by atoms with E-state index >= 15 is 0 Å². The molecule has 1 aliphatic heterocycles. The number of allylic oxidation sites excluding steroid dienone is 2. The van der Waals surface area contributed by atoms with E-state index in [4.69, 9.17) is 0 Å². The molecule has 2 amide bonds. The van der Waals surface area contributed by atoms with E-state index in [1.807, 2.05) is 25.1 Å². The maximum absolute atomic E-state index is 12.8. The van der Waals surface area contributed by atoms with Gasteiger partial charge in [0, 0.05) is 0 Å². The van der Waals surface area contributed by atoms with Gasteiger partial charge in [-0.2, -0.15) is 0 Å². The lowest BCUT2D eigenvalue weighted by Gasteiger charge is -2.14. The van der Waals surface area contributed by atoms with Gasteiger partial charge in [0.15, 0.2) is 5.13 Å². The SMILES string of the molecule is Cc1cccc2sc(N3C(=O)C4C5C=CC(C5)C4C3=O)nc12. The molecular formula is C17H14N2O2S. The van der Waals surface area contributed by atoms with Crippen LogP contribution in [0.15, 0.2) is 30.4 Å². The summed E-state index contributed by atoms with van der Waals surface area (Å²) in [5, 5.41) is 0.535. The number of nitrogens with zero attached hydrogens (tertiary/aromatic N) is 2. The zero-order valence-corrected chi connectivity index (χ0v) is 12.8. The van der Waals surface area contributed by atoms with Gasteiger partial charge in [0.2, 0.25) is 11.8 Å². The van der Waals surface area contributed by atoms with Crippen LogP contribution in [0.25, 0.3) is 10.2 Å². The summed E-state index contributed by atoms with van der Waals surface area (Å²) < 4.78 is 1.02. The van der Waals surface area contributed by atoms with E-state index < -0.39 is 0 Å². The normalized spacial score (nSPS) is 32.5. The number of para-hydroxylation sites is 1.